The van der Waals surface area contributed by atoms with Crippen molar-refractivity contribution in [2.45, 2.75) is 13.3 Å². The summed E-state index contributed by atoms with van der Waals surface area (Å²) in [7, 11) is 2.97. The quantitative estimate of drug-likeness (QED) is 0.541. The van der Waals surface area contributed by atoms with Gasteiger partial charge in [-0.15, -0.1) is 0 Å². The largest absolute Gasteiger partial charge is 0.502 e. The second kappa shape index (κ2) is 9.93. The third-order valence-electron chi connectivity index (χ3n) is 3.97. The number of benzene rings is 2. The number of anilines is 1. The van der Waals surface area contributed by atoms with Gasteiger partial charge >= 0.3 is 0 Å². The molecule has 0 amide bonds. The van der Waals surface area contributed by atoms with Crippen LogP contribution in [0.25, 0.3) is 6.08 Å². The second-order valence-corrected chi connectivity index (χ2v) is 5.78. The summed E-state index contributed by atoms with van der Waals surface area (Å²) in [6.45, 7) is 2.83. The van der Waals surface area contributed by atoms with Crippen LogP contribution in [0.3, 0.4) is 0 Å². The second-order valence-electron chi connectivity index (χ2n) is 5.78. The zero-order valence-electron chi connectivity index (χ0n) is 15.8. The normalized spacial score (nSPS) is 11.3. The molecule has 0 spiro atoms. The van der Waals surface area contributed by atoms with Gasteiger partial charge in [-0.3, -0.25) is 0 Å². The van der Waals surface area contributed by atoms with Crippen LogP contribution in [-0.2, 0) is 0 Å². The predicted molar refractivity (Wildman–Crippen MR) is 108 cm³/mol. The van der Waals surface area contributed by atoms with Crippen molar-refractivity contribution in [3.05, 3.63) is 65.9 Å². The number of phenols is 1. The van der Waals surface area contributed by atoms with Crippen molar-refractivity contribution in [3.63, 3.8) is 0 Å². The molecule has 0 aliphatic rings. The van der Waals surface area contributed by atoms with E-state index in [-0.39, 0.29) is 5.75 Å². The summed E-state index contributed by atoms with van der Waals surface area (Å²) >= 11 is 0. The minimum Gasteiger partial charge on any atom is -0.502 e. The lowest BCUT2D eigenvalue weighted by molar-refractivity contribution is 0.340. The van der Waals surface area contributed by atoms with Gasteiger partial charge in [-0.25, -0.2) is 0 Å². The van der Waals surface area contributed by atoms with Gasteiger partial charge < -0.3 is 19.5 Å². The number of allylic oxidation sites excluding steroid dienone is 3. The van der Waals surface area contributed by atoms with Crippen LogP contribution in [-0.4, -0.2) is 25.9 Å². The van der Waals surface area contributed by atoms with Crippen molar-refractivity contribution in [1.29, 1.82) is 5.26 Å². The molecule has 0 fully saturated rings. The molecule has 0 bridgehead atoms. The highest BCUT2D eigenvalue weighted by Crippen LogP contribution is 2.37. The number of hydrogen-bond donors (Lipinski definition) is 1. The standard InChI is InChI=1S/C22H24N2O3/c1-4-13-24(18-10-6-5-7-11-18)19(16-23)12-8-9-17-14-20(26-2)22(25)21(15-17)27-3/h5-12,14-15,25H,4,13H2,1-3H3/b9-8+,19-12+. The molecule has 0 radical (unpaired) electrons. The number of nitriles is 1. The molecule has 0 saturated heterocycles. The summed E-state index contributed by atoms with van der Waals surface area (Å²) < 4.78 is 10.3. The Labute approximate surface area is 160 Å². The van der Waals surface area contributed by atoms with E-state index in [0.717, 1.165) is 24.2 Å². The molecule has 27 heavy (non-hydrogen) atoms. The summed E-state index contributed by atoms with van der Waals surface area (Å²) in [6, 6.07) is 15.5. The molecular weight excluding hydrogens is 340 g/mol. The number of methoxy groups -OCH3 is 2. The van der Waals surface area contributed by atoms with Gasteiger partial charge in [-0.1, -0.05) is 37.3 Å². The van der Waals surface area contributed by atoms with Crippen LogP contribution in [0.4, 0.5) is 5.69 Å². The minimum atomic E-state index is -0.0383. The molecule has 1 N–H and O–H groups in total. The van der Waals surface area contributed by atoms with Gasteiger partial charge in [0.1, 0.15) is 11.8 Å². The smallest absolute Gasteiger partial charge is 0.200 e. The fourth-order valence-corrected chi connectivity index (χ4v) is 2.67. The average molecular weight is 364 g/mol. The summed E-state index contributed by atoms with van der Waals surface area (Å²) in [5.74, 6) is 0.620. The molecule has 0 aromatic heterocycles. The third kappa shape index (κ3) is 5.05. The first-order chi connectivity index (χ1) is 13.1. The number of nitrogens with zero attached hydrogens (tertiary/aromatic N) is 2. The van der Waals surface area contributed by atoms with E-state index >= 15 is 0 Å². The van der Waals surface area contributed by atoms with Gasteiger partial charge in [0.2, 0.25) is 5.75 Å². The Hall–Kier alpha value is -3.39. The first-order valence-electron chi connectivity index (χ1n) is 8.70. The summed E-state index contributed by atoms with van der Waals surface area (Å²) in [5, 5.41) is 19.6. The van der Waals surface area contributed by atoms with Crippen LogP contribution >= 0.6 is 0 Å². The van der Waals surface area contributed by atoms with Gasteiger partial charge in [0.25, 0.3) is 0 Å². The van der Waals surface area contributed by atoms with Crippen LogP contribution in [0.5, 0.6) is 17.2 Å². The average Bonchev–Trinajstić information content (AvgIpc) is 2.71. The summed E-state index contributed by atoms with van der Waals surface area (Å²) in [5.41, 5.74) is 2.32. The fourth-order valence-electron chi connectivity index (χ4n) is 2.67. The molecule has 2 aromatic rings. The third-order valence-corrected chi connectivity index (χ3v) is 3.97. The highest BCUT2D eigenvalue weighted by molar-refractivity contribution is 5.63. The van der Waals surface area contributed by atoms with Gasteiger partial charge in [0.05, 0.1) is 14.2 Å². The maximum Gasteiger partial charge on any atom is 0.200 e. The molecule has 2 rings (SSSR count). The topological polar surface area (TPSA) is 65.7 Å². The van der Waals surface area contributed by atoms with E-state index in [4.69, 9.17) is 9.47 Å². The van der Waals surface area contributed by atoms with E-state index in [1.807, 2.05) is 41.3 Å². The Balaban J connectivity index is 2.32. The van der Waals surface area contributed by atoms with Gasteiger partial charge in [0, 0.05) is 12.2 Å². The van der Waals surface area contributed by atoms with E-state index in [0.29, 0.717) is 17.2 Å². The molecule has 0 saturated carbocycles. The molecular formula is C22H24N2O3. The fraction of sp³-hybridized carbons (Fsp3) is 0.227. The Bertz CT molecular complexity index is 827. The maximum absolute atomic E-state index is 9.99. The van der Waals surface area contributed by atoms with Crippen molar-refractivity contribution in [3.8, 4) is 23.3 Å². The maximum atomic E-state index is 9.99. The molecule has 0 aliphatic heterocycles. The Morgan fingerprint density at radius 3 is 2.30 bits per heavy atom. The van der Waals surface area contributed by atoms with Crippen LogP contribution in [0, 0.1) is 11.3 Å². The van der Waals surface area contributed by atoms with Crippen LogP contribution < -0.4 is 14.4 Å². The summed E-state index contributed by atoms with van der Waals surface area (Å²) in [6.07, 6.45) is 6.32. The van der Waals surface area contributed by atoms with Crippen molar-refractivity contribution >= 4 is 11.8 Å². The highest BCUT2D eigenvalue weighted by atomic mass is 16.5. The van der Waals surface area contributed by atoms with E-state index < -0.39 is 0 Å². The molecule has 0 atom stereocenters. The predicted octanol–water partition coefficient (Wildman–Crippen LogP) is 4.75. The number of hydrogen-bond acceptors (Lipinski definition) is 5. The molecule has 2 aromatic carbocycles. The van der Waals surface area contributed by atoms with E-state index in [1.165, 1.54) is 14.2 Å². The lowest BCUT2D eigenvalue weighted by Crippen LogP contribution is -2.22. The monoisotopic (exact) mass is 364 g/mol. The Kier molecular flexibility index (Phi) is 7.33. The van der Waals surface area contributed by atoms with Crippen molar-refractivity contribution < 1.29 is 14.6 Å². The highest BCUT2D eigenvalue weighted by Gasteiger charge is 2.11. The molecule has 5 nitrogen and oxygen atoms in total. The Morgan fingerprint density at radius 1 is 1.15 bits per heavy atom. The SMILES string of the molecule is CCCN(/C(C#N)=C/C=C/c1cc(OC)c(O)c(OC)c1)c1ccccc1. The van der Waals surface area contributed by atoms with Crippen molar-refractivity contribution in [1.82, 2.24) is 0 Å². The van der Waals surface area contributed by atoms with Crippen LogP contribution in [0.2, 0.25) is 0 Å². The van der Waals surface area contributed by atoms with Crippen LogP contribution in [0.15, 0.2) is 60.3 Å². The number of phenolic OH excluding ortho intramolecular Hbond substituents is 1. The van der Waals surface area contributed by atoms with Gasteiger partial charge in [-0.05, 0) is 42.3 Å². The van der Waals surface area contributed by atoms with Crippen molar-refractivity contribution in [2.75, 3.05) is 25.7 Å². The van der Waals surface area contributed by atoms with E-state index in [9.17, 15) is 10.4 Å². The van der Waals surface area contributed by atoms with Crippen LogP contribution in [0.1, 0.15) is 18.9 Å². The minimum absolute atomic E-state index is 0.0383. The number of para-hydroxylation sites is 1. The Morgan fingerprint density at radius 2 is 1.78 bits per heavy atom. The number of aromatic hydroxyl groups is 1. The first-order valence-corrected chi connectivity index (χ1v) is 8.70. The molecule has 0 unspecified atom stereocenters. The molecule has 0 heterocycles. The van der Waals surface area contributed by atoms with E-state index in [1.54, 1.807) is 24.3 Å². The molecule has 140 valence electrons. The van der Waals surface area contributed by atoms with Gasteiger partial charge in [-0.2, -0.15) is 5.26 Å². The molecule has 0 aliphatic carbocycles. The van der Waals surface area contributed by atoms with Crippen molar-refractivity contribution in [2.24, 2.45) is 0 Å². The molecule has 5 heteroatoms. The first kappa shape index (κ1) is 19.9. The summed E-state index contributed by atoms with van der Waals surface area (Å²) in [4.78, 5) is 1.99. The lowest BCUT2D eigenvalue weighted by Gasteiger charge is -2.22. The zero-order chi connectivity index (χ0) is 19.6. The number of ether oxygens (including phenoxy) is 2. The number of rotatable bonds is 8. The van der Waals surface area contributed by atoms with E-state index in [2.05, 4.69) is 13.0 Å². The zero-order valence-corrected chi connectivity index (χ0v) is 15.8. The van der Waals surface area contributed by atoms with Gasteiger partial charge in [0.15, 0.2) is 11.5 Å². The lowest BCUT2D eigenvalue weighted by atomic mass is 10.1.